The molecule has 0 saturated carbocycles. The maximum Gasteiger partial charge on any atom is 0.219 e. The summed E-state index contributed by atoms with van der Waals surface area (Å²) in [4.78, 5) is 19.4. The Kier molecular flexibility index (Phi) is 4.11. The topological polar surface area (TPSA) is 107 Å². The molecule has 0 saturated heterocycles. The van der Waals surface area contributed by atoms with Gasteiger partial charge in [0.25, 0.3) is 0 Å². The van der Waals surface area contributed by atoms with Gasteiger partial charge in [0.1, 0.15) is 0 Å². The molecule has 0 aliphatic rings. The van der Waals surface area contributed by atoms with Crippen molar-refractivity contribution in [3.8, 4) is 11.1 Å². The number of ketones is 1. The van der Waals surface area contributed by atoms with E-state index < -0.39 is 0 Å². The Balaban J connectivity index is 1.87. The van der Waals surface area contributed by atoms with Crippen LogP contribution in [0.15, 0.2) is 54.9 Å². The molecular weight excluding hydrogens is 302 g/mol. The van der Waals surface area contributed by atoms with Gasteiger partial charge in [-0.15, -0.1) is 0 Å². The van der Waals surface area contributed by atoms with Crippen molar-refractivity contribution < 1.29 is 4.79 Å². The smallest absolute Gasteiger partial charge is 0.219 e. The number of nitrogen functional groups attached to an aromatic ring is 2. The molecular formula is C18H17N5O. The number of Topliss-reactive ketones (excluding diaryl/α,β-unsaturated/α-hetero) is 1. The van der Waals surface area contributed by atoms with E-state index in [9.17, 15) is 4.79 Å². The molecule has 0 spiro atoms. The molecule has 2 aromatic carbocycles. The summed E-state index contributed by atoms with van der Waals surface area (Å²) in [6.07, 6.45) is 3.36. The predicted molar refractivity (Wildman–Crippen MR) is 96.0 cm³/mol. The van der Waals surface area contributed by atoms with E-state index >= 15 is 0 Å². The molecule has 3 aromatic rings. The number of anilines is 4. The van der Waals surface area contributed by atoms with Crippen LogP contribution in [0.5, 0.6) is 0 Å². The first kappa shape index (κ1) is 15.5. The molecule has 1 heterocycles. The number of carbonyl (C=O) groups is 1. The Bertz CT molecular complexity index is 890. The van der Waals surface area contributed by atoms with Gasteiger partial charge in [0, 0.05) is 29.2 Å². The summed E-state index contributed by atoms with van der Waals surface area (Å²) in [5.41, 5.74) is 16.1. The molecule has 0 aliphatic heterocycles. The van der Waals surface area contributed by atoms with Gasteiger partial charge in [0.15, 0.2) is 5.78 Å². The highest BCUT2D eigenvalue weighted by atomic mass is 16.1. The molecule has 0 aliphatic carbocycles. The minimum Gasteiger partial charge on any atom is -0.397 e. The Morgan fingerprint density at radius 1 is 1.00 bits per heavy atom. The van der Waals surface area contributed by atoms with Crippen LogP contribution in [0.4, 0.5) is 23.0 Å². The fourth-order valence-corrected chi connectivity index (χ4v) is 2.31. The number of hydrogen-bond donors (Lipinski definition) is 3. The second kappa shape index (κ2) is 6.37. The van der Waals surface area contributed by atoms with E-state index in [1.165, 1.54) is 6.92 Å². The third-order valence-corrected chi connectivity index (χ3v) is 3.60. The highest BCUT2D eigenvalue weighted by molar-refractivity contribution is 5.96. The number of nitrogens with two attached hydrogens (primary N) is 2. The van der Waals surface area contributed by atoms with Crippen molar-refractivity contribution in [2.45, 2.75) is 6.92 Å². The van der Waals surface area contributed by atoms with E-state index in [1.807, 2.05) is 24.3 Å². The van der Waals surface area contributed by atoms with E-state index in [4.69, 9.17) is 11.5 Å². The maximum atomic E-state index is 11.4. The first-order valence-corrected chi connectivity index (χ1v) is 7.38. The Labute approximate surface area is 139 Å². The zero-order valence-corrected chi connectivity index (χ0v) is 13.2. The van der Waals surface area contributed by atoms with E-state index in [0.29, 0.717) is 11.3 Å². The fourth-order valence-electron chi connectivity index (χ4n) is 2.31. The Morgan fingerprint density at radius 2 is 1.75 bits per heavy atom. The lowest BCUT2D eigenvalue weighted by Crippen LogP contribution is -2.00. The Hall–Kier alpha value is -3.41. The standard InChI is InChI=1S/C18H17N5O/c1-11(24)12-5-6-17(16(19)8-12)23-15-4-2-3-13(7-15)14-9-21-18(20)22-10-14/h2-10,23H,19H2,1H3,(H2,20,21,22). The number of benzene rings is 2. The average Bonchev–Trinajstić information content (AvgIpc) is 2.57. The molecule has 0 amide bonds. The average molecular weight is 319 g/mol. The quantitative estimate of drug-likeness (QED) is 0.503. The van der Waals surface area contributed by atoms with E-state index in [2.05, 4.69) is 15.3 Å². The zero-order chi connectivity index (χ0) is 17.1. The van der Waals surface area contributed by atoms with Crippen molar-refractivity contribution in [3.05, 3.63) is 60.4 Å². The van der Waals surface area contributed by atoms with Crippen molar-refractivity contribution >= 4 is 28.8 Å². The number of rotatable bonds is 4. The van der Waals surface area contributed by atoms with Crippen LogP contribution >= 0.6 is 0 Å². The molecule has 6 heteroatoms. The van der Waals surface area contributed by atoms with Crippen LogP contribution in [-0.4, -0.2) is 15.8 Å². The number of carbonyl (C=O) groups excluding carboxylic acids is 1. The molecule has 6 nitrogen and oxygen atoms in total. The van der Waals surface area contributed by atoms with E-state index in [-0.39, 0.29) is 11.7 Å². The number of nitrogens with zero attached hydrogens (tertiary/aromatic N) is 2. The van der Waals surface area contributed by atoms with Crippen LogP contribution in [0.3, 0.4) is 0 Å². The lowest BCUT2D eigenvalue weighted by molar-refractivity contribution is 0.101. The van der Waals surface area contributed by atoms with Gasteiger partial charge < -0.3 is 16.8 Å². The van der Waals surface area contributed by atoms with Gasteiger partial charge in [-0.25, -0.2) is 9.97 Å². The van der Waals surface area contributed by atoms with Crippen molar-refractivity contribution in [2.75, 3.05) is 16.8 Å². The summed E-state index contributed by atoms with van der Waals surface area (Å²) in [5.74, 6) is 0.227. The minimum absolute atomic E-state index is 0.0152. The van der Waals surface area contributed by atoms with Crippen LogP contribution < -0.4 is 16.8 Å². The van der Waals surface area contributed by atoms with Crippen LogP contribution in [0.25, 0.3) is 11.1 Å². The number of aromatic nitrogens is 2. The van der Waals surface area contributed by atoms with Gasteiger partial charge in [-0.05, 0) is 42.8 Å². The first-order valence-electron chi connectivity index (χ1n) is 7.38. The van der Waals surface area contributed by atoms with Crippen molar-refractivity contribution in [3.63, 3.8) is 0 Å². The second-order valence-electron chi connectivity index (χ2n) is 5.39. The van der Waals surface area contributed by atoms with E-state index in [1.54, 1.807) is 30.6 Å². The van der Waals surface area contributed by atoms with Crippen molar-refractivity contribution in [1.29, 1.82) is 0 Å². The molecule has 24 heavy (non-hydrogen) atoms. The Morgan fingerprint density at radius 3 is 2.42 bits per heavy atom. The van der Waals surface area contributed by atoms with Gasteiger partial charge >= 0.3 is 0 Å². The number of nitrogens with one attached hydrogen (secondary N) is 1. The van der Waals surface area contributed by atoms with Crippen LogP contribution in [0.2, 0.25) is 0 Å². The highest BCUT2D eigenvalue weighted by Gasteiger charge is 2.06. The molecule has 0 unspecified atom stereocenters. The third kappa shape index (κ3) is 3.33. The van der Waals surface area contributed by atoms with Crippen molar-refractivity contribution in [2.24, 2.45) is 0 Å². The van der Waals surface area contributed by atoms with Crippen LogP contribution in [0.1, 0.15) is 17.3 Å². The summed E-state index contributed by atoms with van der Waals surface area (Å²) < 4.78 is 0. The summed E-state index contributed by atoms with van der Waals surface area (Å²) in [6, 6.07) is 13.0. The molecule has 0 fully saturated rings. The molecule has 5 N–H and O–H groups in total. The lowest BCUT2D eigenvalue weighted by Gasteiger charge is -2.11. The van der Waals surface area contributed by atoms with E-state index in [0.717, 1.165) is 22.5 Å². The molecule has 0 radical (unpaired) electrons. The SMILES string of the molecule is CC(=O)c1ccc(Nc2cccc(-c3cnc(N)nc3)c2)c(N)c1. The summed E-state index contributed by atoms with van der Waals surface area (Å²) in [7, 11) is 0. The zero-order valence-electron chi connectivity index (χ0n) is 13.2. The summed E-state index contributed by atoms with van der Waals surface area (Å²) >= 11 is 0. The van der Waals surface area contributed by atoms with Crippen molar-refractivity contribution in [1.82, 2.24) is 9.97 Å². The van der Waals surface area contributed by atoms with Crippen LogP contribution in [-0.2, 0) is 0 Å². The maximum absolute atomic E-state index is 11.4. The van der Waals surface area contributed by atoms with Gasteiger partial charge in [0.2, 0.25) is 5.95 Å². The van der Waals surface area contributed by atoms with Gasteiger partial charge in [-0.3, -0.25) is 4.79 Å². The monoisotopic (exact) mass is 319 g/mol. The normalized spacial score (nSPS) is 10.4. The third-order valence-electron chi connectivity index (χ3n) is 3.60. The van der Waals surface area contributed by atoms with Gasteiger partial charge in [-0.2, -0.15) is 0 Å². The molecule has 120 valence electrons. The lowest BCUT2D eigenvalue weighted by atomic mass is 10.1. The minimum atomic E-state index is -0.0152. The predicted octanol–water partition coefficient (Wildman–Crippen LogP) is 3.25. The summed E-state index contributed by atoms with van der Waals surface area (Å²) in [5, 5.41) is 3.26. The first-order chi connectivity index (χ1) is 11.5. The largest absolute Gasteiger partial charge is 0.397 e. The fraction of sp³-hybridized carbons (Fsp3) is 0.0556. The van der Waals surface area contributed by atoms with Gasteiger partial charge in [-0.1, -0.05) is 12.1 Å². The number of hydrogen-bond acceptors (Lipinski definition) is 6. The molecule has 1 aromatic heterocycles. The summed E-state index contributed by atoms with van der Waals surface area (Å²) in [6.45, 7) is 1.51. The molecule has 0 bridgehead atoms. The molecule has 0 atom stereocenters. The van der Waals surface area contributed by atoms with Gasteiger partial charge in [0.05, 0.1) is 11.4 Å². The van der Waals surface area contributed by atoms with Crippen LogP contribution in [0, 0.1) is 0 Å². The highest BCUT2D eigenvalue weighted by Crippen LogP contribution is 2.27. The second-order valence-corrected chi connectivity index (χ2v) is 5.39. The molecule has 3 rings (SSSR count).